The summed E-state index contributed by atoms with van der Waals surface area (Å²) >= 11 is 0. The standard InChI is InChI=1S/C22H22FN5O2S/c1-15-8-16(14-28(15)31(29,30)22-5-3-2-4-20(22)23)13-27-21-7-6-17(9-18(21)12-26-27)19-10-24-25-11-19/h2-7,9-12,15-16H,8,13-14H2,1H3,(H,24,25)/t15-,16?/m0/s1. The molecule has 5 rings (SSSR count). The van der Waals surface area contributed by atoms with Crippen molar-refractivity contribution in [2.45, 2.75) is 30.8 Å². The van der Waals surface area contributed by atoms with Crippen LogP contribution in [0.15, 0.2) is 66.0 Å². The second kappa shape index (κ2) is 7.58. The number of aromatic amines is 1. The second-order valence-electron chi connectivity index (χ2n) is 8.04. The Balaban J connectivity index is 1.37. The summed E-state index contributed by atoms with van der Waals surface area (Å²) in [6, 6.07) is 11.4. The Labute approximate surface area is 179 Å². The van der Waals surface area contributed by atoms with E-state index in [1.807, 2.05) is 36.1 Å². The molecule has 9 heteroatoms. The largest absolute Gasteiger partial charge is 0.285 e. The van der Waals surface area contributed by atoms with Gasteiger partial charge in [-0.25, -0.2) is 12.8 Å². The van der Waals surface area contributed by atoms with Crippen LogP contribution in [0.1, 0.15) is 13.3 Å². The number of sulfonamides is 1. The molecule has 3 heterocycles. The smallest absolute Gasteiger partial charge is 0.246 e. The number of benzene rings is 2. The fourth-order valence-electron chi connectivity index (χ4n) is 4.42. The average Bonchev–Trinajstić information content (AvgIpc) is 3.49. The average molecular weight is 440 g/mol. The Kier molecular flexibility index (Phi) is 4.86. The third kappa shape index (κ3) is 3.53. The molecule has 1 aliphatic rings. The first-order valence-electron chi connectivity index (χ1n) is 10.1. The van der Waals surface area contributed by atoms with Gasteiger partial charge in [0.2, 0.25) is 10.0 Å². The zero-order chi connectivity index (χ0) is 21.6. The maximum Gasteiger partial charge on any atom is 0.246 e. The summed E-state index contributed by atoms with van der Waals surface area (Å²) in [5.41, 5.74) is 3.06. The van der Waals surface area contributed by atoms with Crippen LogP contribution in [0.2, 0.25) is 0 Å². The summed E-state index contributed by atoms with van der Waals surface area (Å²) in [4.78, 5) is -0.265. The lowest BCUT2D eigenvalue weighted by molar-refractivity contribution is 0.393. The molecule has 1 N–H and O–H groups in total. The highest BCUT2D eigenvalue weighted by atomic mass is 32.2. The van der Waals surface area contributed by atoms with E-state index in [0.717, 1.165) is 22.0 Å². The highest BCUT2D eigenvalue weighted by molar-refractivity contribution is 7.89. The molecule has 1 saturated heterocycles. The van der Waals surface area contributed by atoms with Gasteiger partial charge in [-0.15, -0.1) is 0 Å². The van der Waals surface area contributed by atoms with E-state index in [1.165, 1.54) is 22.5 Å². The van der Waals surface area contributed by atoms with Crippen LogP contribution in [0.3, 0.4) is 0 Å². The molecule has 4 aromatic rings. The van der Waals surface area contributed by atoms with Crippen LogP contribution in [0.5, 0.6) is 0 Å². The maximum atomic E-state index is 14.2. The molecule has 7 nitrogen and oxygen atoms in total. The molecule has 2 aromatic carbocycles. The summed E-state index contributed by atoms with van der Waals surface area (Å²) in [5.74, 6) is -0.627. The van der Waals surface area contributed by atoms with Crippen molar-refractivity contribution in [2.75, 3.05) is 6.54 Å². The quantitative estimate of drug-likeness (QED) is 0.514. The Morgan fingerprint density at radius 2 is 2.00 bits per heavy atom. The summed E-state index contributed by atoms with van der Waals surface area (Å²) in [6.45, 7) is 2.81. The molecule has 0 amide bonds. The van der Waals surface area contributed by atoms with Crippen LogP contribution in [-0.2, 0) is 16.6 Å². The van der Waals surface area contributed by atoms with Gasteiger partial charge in [0.05, 0.1) is 17.9 Å². The molecule has 1 aliphatic heterocycles. The van der Waals surface area contributed by atoms with Gasteiger partial charge in [0.1, 0.15) is 10.7 Å². The number of fused-ring (bicyclic) bond motifs is 1. The summed E-state index contributed by atoms with van der Waals surface area (Å²) in [5, 5.41) is 12.4. The molecule has 2 aromatic heterocycles. The van der Waals surface area contributed by atoms with Gasteiger partial charge in [0.15, 0.2) is 0 Å². The third-order valence-corrected chi connectivity index (χ3v) is 7.95. The van der Waals surface area contributed by atoms with Crippen LogP contribution in [0.4, 0.5) is 4.39 Å². The first-order chi connectivity index (χ1) is 14.9. The zero-order valence-electron chi connectivity index (χ0n) is 16.9. The predicted molar refractivity (Wildman–Crippen MR) is 115 cm³/mol. The number of nitrogens with zero attached hydrogens (tertiary/aromatic N) is 4. The van der Waals surface area contributed by atoms with Crippen molar-refractivity contribution >= 4 is 20.9 Å². The van der Waals surface area contributed by atoms with Crippen molar-refractivity contribution in [3.8, 4) is 11.1 Å². The van der Waals surface area contributed by atoms with E-state index in [0.29, 0.717) is 19.5 Å². The van der Waals surface area contributed by atoms with Crippen LogP contribution in [0.25, 0.3) is 22.0 Å². The van der Waals surface area contributed by atoms with E-state index in [2.05, 4.69) is 21.4 Å². The minimum Gasteiger partial charge on any atom is -0.285 e. The molecular weight excluding hydrogens is 417 g/mol. The van der Waals surface area contributed by atoms with Crippen LogP contribution >= 0.6 is 0 Å². The first kappa shape index (κ1) is 19.9. The predicted octanol–water partition coefficient (Wildman–Crippen LogP) is 3.66. The van der Waals surface area contributed by atoms with E-state index >= 15 is 0 Å². The Bertz CT molecular complexity index is 1330. The van der Waals surface area contributed by atoms with Crippen molar-refractivity contribution in [1.82, 2.24) is 24.3 Å². The lowest BCUT2D eigenvalue weighted by Gasteiger charge is -2.21. The molecule has 1 unspecified atom stereocenters. The molecule has 160 valence electrons. The molecule has 0 bridgehead atoms. The first-order valence-corrected chi connectivity index (χ1v) is 11.6. The molecular formula is C22H22FN5O2S. The van der Waals surface area contributed by atoms with Gasteiger partial charge in [0.25, 0.3) is 0 Å². The summed E-state index contributed by atoms with van der Waals surface area (Å²) < 4.78 is 43.6. The summed E-state index contributed by atoms with van der Waals surface area (Å²) in [7, 11) is -3.88. The molecule has 0 saturated carbocycles. The number of nitrogens with one attached hydrogen (secondary N) is 1. The molecule has 0 spiro atoms. The third-order valence-electron chi connectivity index (χ3n) is 5.93. The van der Waals surface area contributed by atoms with Gasteiger partial charge in [-0.2, -0.15) is 14.5 Å². The number of halogens is 1. The van der Waals surface area contributed by atoms with Gasteiger partial charge < -0.3 is 0 Å². The van der Waals surface area contributed by atoms with E-state index in [4.69, 9.17) is 0 Å². The highest BCUT2D eigenvalue weighted by Crippen LogP contribution is 2.32. The van der Waals surface area contributed by atoms with Crippen molar-refractivity contribution in [3.05, 3.63) is 66.9 Å². The van der Waals surface area contributed by atoms with Crippen molar-refractivity contribution in [1.29, 1.82) is 0 Å². The van der Waals surface area contributed by atoms with Crippen molar-refractivity contribution in [3.63, 3.8) is 0 Å². The fourth-order valence-corrected chi connectivity index (χ4v) is 6.21. The minimum atomic E-state index is -3.88. The van der Waals surface area contributed by atoms with E-state index in [1.54, 1.807) is 12.3 Å². The van der Waals surface area contributed by atoms with E-state index in [9.17, 15) is 12.8 Å². The van der Waals surface area contributed by atoms with Gasteiger partial charge in [-0.3, -0.25) is 9.78 Å². The second-order valence-corrected chi connectivity index (χ2v) is 9.90. The minimum absolute atomic E-state index is 0.0909. The SMILES string of the molecule is C[C@H]1CC(Cn2ncc3cc(-c4cn[nH]c4)ccc32)CN1S(=O)(=O)c1ccccc1F. The Hall–Kier alpha value is -3.04. The Morgan fingerprint density at radius 3 is 2.77 bits per heavy atom. The van der Waals surface area contributed by atoms with Crippen molar-refractivity contribution in [2.24, 2.45) is 5.92 Å². The highest BCUT2D eigenvalue weighted by Gasteiger charge is 2.39. The number of aromatic nitrogens is 4. The van der Waals surface area contributed by atoms with Gasteiger partial charge in [-0.05, 0) is 49.1 Å². The monoisotopic (exact) mass is 439 g/mol. The zero-order valence-corrected chi connectivity index (χ0v) is 17.8. The lowest BCUT2D eigenvalue weighted by Crippen LogP contribution is -2.34. The van der Waals surface area contributed by atoms with Crippen LogP contribution < -0.4 is 0 Å². The van der Waals surface area contributed by atoms with E-state index in [-0.39, 0.29) is 16.9 Å². The number of hydrogen-bond acceptors (Lipinski definition) is 4. The summed E-state index contributed by atoms with van der Waals surface area (Å²) in [6.07, 6.45) is 6.14. The number of rotatable bonds is 5. The molecule has 0 radical (unpaired) electrons. The van der Waals surface area contributed by atoms with E-state index < -0.39 is 15.8 Å². The molecule has 1 fully saturated rings. The normalized spacial score (nSPS) is 19.9. The van der Waals surface area contributed by atoms with Crippen molar-refractivity contribution < 1.29 is 12.8 Å². The topological polar surface area (TPSA) is 83.9 Å². The molecule has 31 heavy (non-hydrogen) atoms. The van der Waals surface area contributed by atoms with Crippen LogP contribution in [0, 0.1) is 11.7 Å². The number of hydrogen-bond donors (Lipinski definition) is 1. The number of H-pyrrole nitrogens is 1. The van der Waals surface area contributed by atoms with Gasteiger partial charge in [-0.1, -0.05) is 18.2 Å². The molecule has 0 aliphatic carbocycles. The molecule has 2 atom stereocenters. The van der Waals surface area contributed by atoms with Gasteiger partial charge >= 0.3 is 0 Å². The van der Waals surface area contributed by atoms with Crippen LogP contribution in [-0.4, -0.2) is 45.3 Å². The fraction of sp³-hybridized carbons (Fsp3) is 0.273. The maximum absolute atomic E-state index is 14.2. The lowest BCUT2D eigenvalue weighted by atomic mass is 10.1. The Morgan fingerprint density at radius 1 is 1.16 bits per heavy atom. The van der Waals surface area contributed by atoms with Gasteiger partial charge in [0, 0.05) is 36.3 Å².